The van der Waals surface area contributed by atoms with Gasteiger partial charge in [0.25, 0.3) is 0 Å². The molecule has 3 nitrogen and oxygen atoms in total. The van der Waals surface area contributed by atoms with E-state index < -0.39 is 5.97 Å². The molecule has 3 heteroatoms. The molecular weight excluding hydrogens is 276 g/mol. The summed E-state index contributed by atoms with van der Waals surface area (Å²) in [4.78, 5) is 11.7. The van der Waals surface area contributed by atoms with Crippen molar-refractivity contribution in [2.24, 2.45) is 5.41 Å². The number of methoxy groups -OCH3 is 1. The Labute approximate surface area is 133 Å². The number of rotatable bonds is 4. The van der Waals surface area contributed by atoms with E-state index in [0.717, 1.165) is 16.7 Å². The molecule has 0 aromatic heterocycles. The lowest BCUT2D eigenvalue weighted by molar-refractivity contribution is -0.136. The quantitative estimate of drug-likeness (QED) is 0.528. The summed E-state index contributed by atoms with van der Waals surface area (Å²) in [5.74, 6) is 5.95. The van der Waals surface area contributed by atoms with Crippen LogP contribution in [0.3, 0.4) is 0 Å². The summed E-state index contributed by atoms with van der Waals surface area (Å²) < 4.78 is 4.75. The van der Waals surface area contributed by atoms with E-state index in [-0.39, 0.29) is 12.0 Å². The average Bonchev–Trinajstić information content (AvgIpc) is 2.45. The highest BCUT2D eigenvalue weighted by molar-refractivity contribution is 5.88. The van der Waals surface area contributed by atoms with Gasteiger partial charge in [-0.25, -0.2) is 4.79 Å². The van der Waals surface area contributed by atoms with Crippen molar-refractivity contribution < 1.29 is 14.6 Å². The van der Waals surface area contributed by atoms with Crippen molar-refractivity contribution in [3.8, 4) is 11.8 Å². The van der Waals surface area contributed by atoms with Crippen LogP contribution >= 0.6 is 0 Å². The number of aliphatic hydroxyl groups excluding tert-OH is 1. The number of hydrogen-bond acceptors (Lipinski definition) is 3. The van der Waals surface area contributed by atoms with Gasteiger partial charge in [0.2, 0.25) is 0 Å². The normalized spacial score (nSPS) is 11.6. The van der Waals surface area contributed by atoms with Crippen LogP contribution in [0, 0.1) is 24.2 Å². The fraction of sp³-hybridized carbons (Fsp3) is 0.421. The Hall–Kier alpha value is -2.05. The molecule has 22 heavy (non-hydrogen) atoms. The first-order valence-corrected chi connectivity index (χ1v) is 7.27. The molecule has 0 bridgehead atoms. The minimum Gasteiger partial charge on any atom is -0.466 e. The summed E-state index contributed by atoms with van der Waals surface area (Å²) in [6, 6.07) is 5.96. The highest BCUT2D eigenvalue weighted by Gasteiger charge is 2.12. The van der Waals surface area contributed by atoms with Crippen LogP contribution in [0.25, 0.3) is 0 Å². The second kappa shape index (κ2) is 7.82. The second-order valence-corrected chi connectivity index (χ2v) is 6.22. The van der Waals surface area contributed by atoms with Crippen LogP contribution in [-0.4, -0.2) is 24.8 Å². The van der Waals surface area contributed by atoms with E-state index in [1.54, 1.807) is 0 Å². The van der Waals surface area contributed by atoms with Crippen LogP contribution in [0.2, 0.25) is 0 Å². The van der Waals surface area contributed by atoms with Gasteiger partial charge in [0.1, 0.15) is 0 Å². The predicted molar refractivity (Wildman–Crippen MR) is 88.4 cm³/mol. The number of carbonyl (C=O) groups is 1. The molecule has 0 amide bonds. The van der Waals surface area contributed by atoms with Crippen molar-refractivity contribution in [3.63, 3.8) is 0 Å². The lowest BCUT2D eigenvalue weighted by Crippen LogP contribution is -2.09. The summed E-state index contributed by atoms with van der Waals surface area (Å²) in [7, 11) is 1.34. The third-order valence-corrected chi connectivity index (χ3v) is 3.10. The molecule has 0 aliphatic rings. The summed E-state index contributed by atoms with van der Waals surface area (Å²) in [5.41, 5.74) is 3.40. The molecule has 1 aromatic rings. The van der Waals surface area contributed by atoms with E-state index in [4.69, 9.17) is 9.84 Å². The van der Waals surface area contributed by atoms with Crippen LogP contribution in [0.15, 0.2) is 29.8 Å². The van der Waals surface area contributed by atoms with Crippen LogP contribution in [0.4, 0.5) is 0 Å². The maximum atomic E-state index is 11.7. The number of benzene rings is 1. The third-order valence-electron chi connectivity index (χ3n) is 3.10. The van der Waals surface area contributed by atoms with Crippen LogP contribution in [0.5, 0.6) is 0 Å². The van der Waals surface area contributed by atoms with Gasteiger partial charge in [-0.15, -0.1) is 0 Å². The number of aliphatic hydroxyl groups is 1. The maximum Gasteiger partial charge on any atom is 0.333 e. The lowest BCUT2D eigenvalue weighted by atomic mass is 9.95. The number of carbonyl (C=O) groups excluding carboxylic acids is 1. The molecule has 0 saturated carbocycles. The molecule has 0 saturated heterocycles. The zero-order chi connectivity index (χ0) is 16.8. The molecule has 0 atom stereocenters. The smallest absolute Gasteiger partial charge is 0.333 e. The predicted octanol–water partition coefficient (Wildman–Crippen LogP) is 3.03. The largest absolute Gasteiger partial charge is 0.466 e. The van der Waals surface area contributed by atoms with E-state index in [1.807, 2.05) is 25.1 Å². The Balaban J connectivity index is 3.11. The molecule has 0 heterocycles. The minimum atomic E-state index is -0.417. The van der Waals surface area contributed by atoms with Gasteiger partial charge in [0, 0.05) is 23.0 Å². The Morgan fingerprint density at radius 3 is 2.59 bits per heavy atom. The minimum absolute atomic E-state index is 0.0565. The molecular formula is C19H24O3. The van der Waals surface area contributed by atoms with Gasteiger partial charge in [0.05, 0.1) is 13.7 Å². The molecule has 1 aromatic carbocycles. The van der Waals surface area contributed by atoms with Crippen molar-refractivity contribution >= 4 is 5.97 Å². The number of ether oxygens (including phenoxy) is 1. The zero-order valence-corrected chi connectivity index (χ0v) is 14.0. The molecule has 0 fully saturated rings. The highest BCUT2D eigenvalue weighted by atomic mass is 16.5. The zero-order valence-electron chi connectivity index (χ0n) is 14.0. The third kappa shape index (κ3) is 5.75. The van der Waals surface area contributed by atoms with Crippen molar-refractivity contribution in [1.82, 2.24) is 0 Å². The van der Waals surface area contributed by atoms with Crippen molar-refractivity contribution in [2.75, 3.05) is 13.7 Å². The monoisotopic (exact) mass is 300 g/mol. The molecule has 0 spiro atoms. The lowest BCUT2D eigenvalue weighted by Gasteiger charge is -2.10. The number of esters is 1. The Kier molecular flexibility index (Phi) is 6.39. The van der Waals surface area contributed by atoms with E-state index in [9.17, 15) is 4.79 Å². The van der Waals surface area contributed by atoms with Crippen LogP contribution in [0.1, 0.15) is 37.5 Å². The summed E-state index contributed by atoms with van der Waals surface area (Å²) in [5, 5.41) is 9.05. The van der Waals surface area contributed by atoms with E-state index >= 15 is 0 Å². The fourth-order valence-corrected chi connectivity index (χ4v) is 1.87. The van der Waals surface area contributed by atoms with Gasteiger partial charge < -0.3 is 9.84 Å². The first-order chi connectivity index (χ1) is 10.3. The molecule has 0 unspecified atom stereocenters. The van der Waals surface area contributed by atoms with Gasteiger partial charge >= 0.3 is 5.97 Å². The molecule has 118 valence electrons. The topological polar surface area (TPSA) is 46.5 Å². The van der Waals surface area contributed by atoms with Gasteiger partial charge in [0.15, 0.2) is 0 Å². The Bertz CT molecular complexity index is 622. The van der Waals surface area contributed by atoms with Crippen LogP contribution in [-0.2, 0) is 16.0 Å². The summed E-state index contributed by atoms with van der Waals surface area (Å²) >= 11 is 0. The van der Waals surface area contributed by atoms with Crippen molar-refractivity contribution in [1.29, 1.82) is 0 Å². The first-order valence-electron chi connectivity index (χ1n) is 7.27. The van der Waals surface area contributed by atoms with E-state index in [1.165, 1.54) is 13.2 Å². The molecule has 0 radical (unpaired) electrons. The highest BCUT2D eigenvalue weighted by Crippen LogP contribution is 2.17. The molecule has 0 aliphatic carbocycles. The standard InChI is InChI=1S/C19H24O3/c1-14-6-7-15(8-10-19(2,3)4)12-17(14)13-16(9-11-20)18(21)22-5/h6-7,9,12,20H,11,13H2,1-5H3/b16-9+. The average molecular weight is 300 g/mol. The van der Waals surface area contributed by atoms with Gasteiger partial charge in [-0.1, -0.05) is 17.9 Å². The van der Waals surface area contributed by atoms with Crippen molar-refractivity contribution in [3.05, 3.63) is 46.5 Å². The summed E-state index contributed by atoms with van der Waals surface area (Å²) in [6.07, 6.45) is 1.91. The molecule has 0 aliphatic heterocycles. The fourth-order valence-electron chi connectivity index (χ4n) is 1.87. The number of hydrogen-bond donors (Lipinski definition) is 1. The Morgan fingerprint density at radius 2 is 2.05 bits per heavy atom. The number of aryl methyl sites for hydroxylation is 1. The maximum absolute atomic E-state index is 11.7. The van der Waals surface area contributed by atoms with Gasteiger partial charge in [-0.3, -0.25) is 0 Å². The second-order valence-electron chi connectivity index (χ2n) is 6.22. The van der Waals surface area contributed by atoms with E-state index in [2.05, 4.69) is 32.6 Å². The van der Waals surface area contributed by atoms with Gasteiger partial charge in [-0.2, -0.15) is 0 Å². The van der Waals surface area contributed by atoms with Crippen LogP contribution < -0.4 is 0 Å². The van der Waals surface area contributed by atoms with Gasteiger partial charge in [-0.05, 0) is 57.0 Å². The van der Waals surface area contributed by atoms with E-state index in [0.29, 0.717) is 12.0 Å². The van der Waals surface area contributed by atoms with Crippen molar-refractivity contribution in [2.45, 2.75) is 34.1 Å². The molecule has 1 rings (SSSR count). The first kappa shape index (κ1) is 18.0. The SMILES string of the molecule is COC(=O)/C(=C/CO)Cc1cc(C#CC(C)(C)C)ccc1C. The summed E-state index contributed by atoms with van der Waals surface area (Å²) in [6.45, 7) is 7.99. The molecule has 1 N–H and O–H groups in total. The Morgan fingerprint density at radius 1 is 1.36 bits per heavy atom.